The lowest BCUT2D eigenvalue weighted by Gasteiger charge is -2.17. The van der Waals surface area contributed by atoms with Crippen molar-refractivity contribution >= 4 is 19.4 Å². The SMILES string of the molecule is CCOc1ccc(/C(CC)=C(/c2ccc(OCCN(C)C)cc2)c2ccc(O[P+](=O)[O-])cc2)cc1. The zero-order chi connectivity index (χ0) is 25.2. The highest BCUT2D eigenvalue weighted by Gasteiger charge is 2.15. The molecule has 3 aromatic rings. The summed E-state index contributed by atoms with van der Waals surface area (Å²) in [4.78, 5) is 13.0. The third kappa shape index (κ3) is 7.66. The van der Waals surface area contributed by atoms with E-state index in [-0.39, 0.29) is 5.75 Å². The van der Waals surface area contributed by atoms with E-state index in [1.54, 1.807) is 12.1 Å². The number of rotatable bonds is 12. The highest BCUT2D eigenvalue weighted by molar-refractivity contribution is 7.31. The maximum atomic E-state index is 10.9. The van der Waals surface area contributed by atoms with Crippen molar-refractivity contribution in [1.82, 2.24) is 4.90 Å². The van der Waals surface area contributed by atoms with Gasteiger partial charge in [0.25, 0.3) is 0 Å². The van der Waals surface area contributed by atoms with Crippen LogP contribution in [0.4, 0.5) is 0 Å². The van der Waals surface area contributed by atoms with Gasteiger partial charge in [0.15, 0.2) is 5.75 Å². The van der Waals surface area contributed by atoms with Crippen LogP contribution in [0.5, 0.6) is 17.2 Å². The zero-order valence-corrected chi connectivity index (χ0v) is 21.6. The molecule has 184 valence electrons. The Balaban J connectivity index is 2.03. The van der Waals surface area contributed by atoms with Gasteiger partial charge in [-0.05, 0) is 96.2 Å². The van der Waals surface area contributed by atoms with Crippen LogP contribution in [0.25, 0.3) is 11.1 Å². The molecular formula is C28H32NO5P. The number of ether oxygens (including phenoxy) is 2. The largest absolute Gasteiger partial charge is 0.558 e. The minimum absolute atomic E-state index is 0.285. The Bertz CT molecular complexity index is 1120. The van der Waals surface area contributed by atoms with E-state index in [4.69, 9.17) is 14.0 Å². The molecule has 0 aromatic heterocycles. The average molecular weight is 494 g/mol. The quantitative estimate of drug-likeness (QED) is 0.235. The Hall–Kier alpha value is -3.18. The molecule has 35 heavy (non-hydrogen) atoms. The monoisotopic (exact) mass is 493 g/mol. The second kappa shape index (κ2) is 13.1. The molecule has 7 heteroatoms. The van der Waals surface area contributed by atoms with E-state index in [2.05, 4.69) is 36.1 Å². The summed E-state index contributed by atoms with van der Waals surface area (Å²) in [6.07, 6.45) is 0.801. The van der Waals surface area contributed by atoms with Gasteiger partial charge in [-0.25, -0.2) is 0 Å². The van der Waals surface area contributed by atoms with Gasteiger partial charge in [-0.1, -0.05) is 43.3 Å². The van der Waals surface area contributed by atoms with E-state index in [0.29, 0.717) is 13.2 Å². The lowest BCUT2D eigenvalue weighted by molar-refractivity contribution is -0.178. The Kier molecular flexibility index (Phi) is 9.86. The first-order valence-corrected chi connectivity index (χ1v) is 12.8. The summed E-state index contributed by atoms with van der Waals surface area (Å²) >= 11 is 0. The van der Waals surface area contributed by atoms with Gasteiger partial charge in [0.2, 0.25) is 0 Å². The maximum absolute atomic E-state index is 10.9. The molecule has 0 saturated carbocycles. The summed E-state index contributed by atoms with van der Waals surface area (Å²) in [7, 11) is 1.07. The number of hydrogen-bond acceptors (Lipinski definition) is 6. The van der Waals surface area contributed by atoms with Crippen molar-refractivity contribution < 1.29 is 23.5 Å². The molecule has 0 N–H and O–H groups in total. The van der Waals surface area contributed by atoms with Crippen LogP contribution in [0.15, 0.2) is 72.8 Å². The Morgan fingerprint density at radius 2 is 1.26 bits per heavy atom. The van der Waals surface area contributed by atoms with Gasteiger partial charge < -0.3 is 19.3 Å². The predicted octanol–water partition coefficient (Wildman–Crippen LogP) is 5.79. The number of hydrogen-bond donors (Lipinski definition) is 0. The van der Waals surface area contributed by atoms with Crippen molar-refractivity contribution in [3.05, 3.63) is 89.5 Å². The Morgan fingerprint density at radius 3 is 1.71 bits per heavy atom. The molecule has 1 unspecified atom stereocenters. The molecule has 6 nitrogen and oxygen atoms in total. The van der Waals surface area contributed by atoms with Crippen LogP contribution >= 0.6 is 8.25 Å². The van der Waals surface area contributed by atoms with Gasteiger partial charge in [-0.3, -0.25) is 4.52 Å². The lowest BCUT2D eigenvalue weighted by atomic mass is 9.88. The molecule has 0 fully saturated rings. The van der Waals surface area contributed by atoms with E-state index in [9.17, 15) is 9.46 Å². The number of allylic oxidation sites excluding steroid dienone is 1. The van der Waals surface area contributed by atoms with Gasteiger partial charge in [0, 0.05) is 6.54 Å². The van der Waals surface area contributed by atoms with E-state index in [1.165, 1.54) is 0 Å². The van der Waals surface area contributed by atoms with Gasteiger partial charge in [-0.15, -0.1) is 0 Å². The molecule has 0 radical (unpaired) electrons. The molecule has 0 spiro atoms. The lowest BCUT2D eigenvalue weighted by Crippen LogP contribution is -2.19. The van der Waals surface area contributed by atoms with Gasteiger partial charge in [0.1, 0.15) is 18.1 Å². The molecule has 0 amide bonds. The highest BCUT2D eigenvalue weighted by Crippen LogP contribution is 2.36. The number of benzene rings is 3. The summed E-state index contributed by atoms with van der Waals surface area (Å²) in [6.45, 7) is 6.17. The zero-order valence-electron chi connectivity index (χ0n) is 20.7. The summed E-state index contributed by atoms with van der Waals surface area (Å²) in [5.41, 5.74) is 5.33. The number of nitrogens with zero attached hydrogens (tertiary/aromatic N) is 1. The van der Waals surface area contributed by atoms with Crippen molar-refractivity contribution in [2.24, 2.45) is 0 Å². The molecule has 0 heterocycles. The van der Waals surface area contributed by atoms with E-state index in [1.807, 2.05) is 57.4 Å². The summed E-state index contributed by atoms with van der Waals surface area (Å²) in [6, 6.07) is 23.3. The summed E-state index contributed by atoms with van der Waals surface area (Å²) in [5.74, 6) is 1.94. The topological polar surface area (TPSA) is 71.1 Å². The minimum atomic E-state index is -2.96. The molecule has 3 aromatic carbocycles. The molecule has 0 saturated heterocycles. The van der Waals surface area contributed by atoms with Crippen LogP contribution in [-0.2, 0) is 4.57 Å². The molecule has 0 aliphatic carbocycles. The first-order valence-electron chi connectivity index (χ1n) is 11.7. The molecule has 0 aliphatic heterocycles. The fourth-order valence-corrected chi connectivity index (χ4v) is 4.09. The third-order valence-electron chi connectivity index (χ3n) is 5.44. The fourth-order valence-electron chi connectivity index (χ4n) is 3.79. The second-order valence-electron chi connectivity index (χ2n) is 8.18. The molecule has 0 aliphatic rings. The van der Waals surface area contributed by atoms with E-state index < -0.39 is 8.25 Å². The van der Waals surface area contributed by atoms with Crippen LogP contribution in [0, 0.1) is 0 Å². The van der Waals surface area contributed by atoms with Gasteiger partial charge >= 0.3 is 8.25 Å². The molecule has 0 bridgehead atoms. The maximum Gasteiger partial charge on any atom is 0.539 e. The van der Waals surface area contributed by atoms with Crippen LogP contribution in [0.2, 0.25) is 0 Å². The Morgan fingerprint density at radius 1 is 0.771 bits per heavy atom. The van der Waals surface area contributed by atoms with Crippen LogP contribution < -0.4 is 18.9 Å². The van der Waals surface area contributed by atoms with Crippen molar-refractivity contribution in [3.63, 3.8) is 0 Å². The van der Waals surface area contributed by atoms with Crippen molar-refractivity contribution in [2.75, 3.05) is 33.9 Å². The first-order chi connectivity index (χ1) is 16.9. The van der Waals surface area contributed by atoms with Crippen molar-refractivity contribution in [3.8, 4) is 17.2 Å². The normalized spacial score (nSPS) is 12.2. The molecular weight excluding hydrogens is 461 g/mol. The average Bonchev–Trinajstić information content (AvgIpc) is 2.84. The molecule has 1 atom stereocenters. The van der Waals surface area contributed by atoms with Crippen molar-refractivity contribution in [1.29, 1.82) is 0 Å². The summed E-state index contributed by atoms with van der Waals surface area (Å²) in [5, 5.41) is 0. The fraction of sp³-hybridized carbons (Fsp3) is 0.286. The highest BCUT2D eigenvalue weighted by atomic mass is 31.1. The standard InChI is InChI=1S/C28H32NO5P/c1-5-27(21-7-13-24(14-8-21)32-6-2)28(23-11-17-26(18-12-23)34-35(30)31)22-9-15-25(16-10-22)33-20-19-29(3)4/h7-18H,5-6,19-20H2,1-4H3/b28-27-. The van der Waals surface area contributed by atoms with Crippen LogP contribution in [-0.4, -0.2) is 38.8 Å². The summed E-state index contributed by atoms with van der Waals surface area (Å²) < 4.78 is 27.3. The second-order valence-corrected chi connectivity index (χ2v) is 8.81. The van der Waals surface area contributed by atoms with Gasteiger partial charge in [0.05, 0.1) is 6.61 Å². The van der Waals surface area contributed by atoms with Crippen molar-refractivity contribution in [2.45, 2.75) is 20.3 Å². The van der Waals surface area contributed by atoms with E-state index in [0.717, 1.165) is 52.3 Å². The number of likely N-dealkylation sites (N-methyl/N-ethyl adjacent to an activating group) is 1. The van der Waals surface area contributed by atoms with Crippen LogP contribution in [0.1, 0.15) is 37.0 Å². The third-order valence-corrected chi connectivity index (χ3v) is 5.80. The smallest absolute Gasteiger partial charge is 0.539 e. The predicted molar refractivity (Wildman–Crippen MR) is 139 cm³/mol. The first kappa shape index (κ1) is 26.4. The van der Waals surface area contributed by atoms with Gasteiger partial charge in [-0.2, -0.15) is 0 Å². The minimum Gasteiger partial charge on any atom is -0.558 e. The molecule has 3 rings (SSSR count). The Labute approximate surface area is 208 Å². The van der Waals surface area contributed by atoms with E-state index >= 15 is 0 Å². The van der Waals surface area contributed by atoms with Crippen LogP contribution in [0.3, 0.4) is 0 Å².